The van der Waals surface area contributed by atoms with Crippen LogP contribution >= 0.6 is 0 Å². The Morgan fingerprint density at radius 3 is 2.89 bits per heavy atom. The van der Waals surface area contributed by atoms with E-state index in [-0.39, 0.29) is 12.5 Å². The molecule has 1 aromatic heterocycles. The molecule has 6 heteroatoms. The topological polar surface area (TPSA) is 93.2 Å². The first-order valence-electron chi connectivity index (χ1n) is 6.24. The summed E-state index contributed by atoms with van der Waals surface area (Å²) in [5.41, 5.74) is 5.76. The van der Waals surface area contributed by atoms with Gasteiger partial charge in [0.15, 0.2) is 0 Å². The lowest BCUT2D eigenvalue weighted by atomic mass is 10.0. The molecule has 100 valence electrons. The number of amides is 1. The molecule has 1 heterocycles. The third-order valence-corrected chi connectivity index (χ3v) is 3.49. The van der Waals surface area contributed by atoms with Crippen LogP contribution in [0.2, 0.25) is 0 Å². The fourth-order valence-electron chi connectivity index (χ4n) is 2.32. The minimum absolute atomic E-state index is 0.275. The van der Waals surface area contributed by atoms with Crippen LogP contribution in [0.5, 0.6) is 0 Å². The third-order valence-electron chi connectivity index (χ3n) is 3.49. The molecular weight excluding hydrogens is 232 g/mol. The second-order valence-corrected chi connectivity index (χ2v) is 5.07. The quantitative estimate of drug-likeness (QED) is 0.694. The lowest BCUT2D eigenvalue weighted by molar-refractivity contribution is -0.123. The lowest BCUT2D eigenvalue weighted by Gasteiger charge is -2.23. The van der Waals surface area contributed by atoms with Crippen LogP contribution in [0.4, 0.5) is 0 Å². The molecule has 0 bridgehead atoms. The van der Waals surface area contributed by atoms with Gasteiger partial charge in [-0.25, -0.2) is 0 Å². The predicted molar refractivity (Wildman–Crippen MR) is 66.6 cm³/mol. The van der Waals surface area contributed by atoms with Crippen molar-refractivity contribution >= 4 is 5.91 Å². The highest BCUT2D eigenvalue weighted by atomic mass is 16.3. The van der Waals surface area contributed by atoms with Gasteiger partial charge >= 0.3 is 0 Å². The Morgan fingerprint density at radius 1 is 1.67 bits per heavy atom. The van der Waals surface area contributed by atoms with E-state index < -0.39 is 11.6 Å². The molecule has 2 rings (SSSR count). The average molecular weight is 252 g/mol. The van der Waals surface area contributed by atoms with Crippen LogP contribution in [0.15, 0.2) is 12.4 Å². The standard InChI is InChI=1S/C12H20N4O2/c1-16-7-9(6-15-16)10(13)11(17)14-8-12(18)4-2-3-5-12/h6-7,10,18H,2-5,8,13H2,1H3,(H,14,17). The van der Waals surface area contributed by atoms with Crippen molar-refractivity contribution in [3.8, 4) is 0 Å². The van der Waals surface area contributed by atoms with Crippen molar-refractivity contribution in [2.24, 2.45) is 12.8 Å². The second-order valence-electron chi connectivity index (χ2n) is 5.07. The summed E-state index contributed by atoms with van der Waals surface area (Å²) >= 11 is 0. The van der Waals surface area contributed by atoms with Crippen LogP contribution in [0.1, 0.15) is 37.3 Å². The van der Waals surface area contributed by atoms with Gasteiger partial charge in [0, 0.05) is 25.4 Å². The molecule has 1 fully saturated rings. The zero-order valence-electron chi connectivity index (χ0n) is 10.6. The van der Waals surface area contributed by atoms with Crippen molar-refractivity contribution in [3.05, 3.63) is 18.0 Å². The van der Waals surface area contributed by atoms with Gasteiger partial charge in [-0.05, 0) is 12.8 Å². The van der Waals surface area contributed by atoms with Gasteiger partial charge in [-0.1, -0.05) is 12.8 Å². The molecule has 1 atom stereocenters. The van der Waals surface area contributed by atoms with Crippen LogP contribution in [-0.2, 0) is 11.8 Å². The molecule has 1 amide bonds. The third kappa shape index (κ3) is 2.88. The highest BCUT2D eigenvalue weighted by Gasteiger charge is 2.32. The Kier molecular flexibility index (Phi) is 3.68. The summed E-state index contributed by atoms with van der Waals surface area (Å²) in [5.74, 6) is -0.275. The Labute approximate surface area is 106 Å². The normalized spacial score (nSPS) is 19.7. The van der Waals surface area contributed by atoms with Crippen molar-refractivity contribution in [2.75, 3.05) is 6.54 Å². The number of nitrogens with one attached hydrogen (secondary N) is 1. The molecule has 0 radical (unpaired) electrons. The summed E-state index contributed by atoms with van der Waals surface area (Å²) in [6.07, 6.45) is 6.82. The molecule has 18 heavy (non-hydrogen) atoms. The molecule has 0 aromatic carbocycles. The summed E-state index contributed by atoms with van der Waals surface area (Å²) in [5, 5.41) is 16.8. The fraction of sp³-hybridized carbons (Fsp3) is 0.667. The molecule has 1 saturated carbocycles. The highest BCUT2D eigenvalue weighted by Crippen LogP contribution is 2.28. The SMILES string of the molecule is Cn1cc(C(N)C(=O)NCC2(O)CCCC2)cn1. The van der Waals surface area contributed by atoms with Gasteiger partial charge in [0.2, 0.25) is 5.91 Å². The molecule has 1 unspecified atom stereocenters. The largest absolute Gasteiger partial charge is 0.388 e. The van der Waals surface area contributed by atoms with E-state index in [1.54, 1.807) is 24.1 Å². The van der Waals surface area contributed by atoms with E-state index in [9.17, 15) is 9.90 Å². The van der Waals surface area contributed by atoms with Crippen LogP contribution < -0.4 is 11.1 Å². The number of nitrogens with two attached hydrogens (primary N) is 1. The minimum atomic E-state index is -0.746. The van der Waals surface area contributed by atoms with E-state index in [0.29, 0.717) is 5.56 Å². The second kappa shape index (κ2) is 5.07. The lowest BCUT2D eigenvalue weighted by Crippen LogP contribution is -2.44. The van der Waals surface area contributed by atoms with Gasteiger partial charge in [0.1, 0.15) is 6.04 Å². The van der Waals surface area contributed by atoms with Gasteiger partial charge in [0.05, 0.1) is 11.8 Å². The van der Waals surface area contributed by atoms with E-state index in [1.807, 2.05) is 0 Å². The van der Waals surface area contributed by atoms with Gasteiger partial charge in [-0.2, -0.15) is 5.10 Å². The average Bonchev–Trinajstić information content (AvgIpc) is 2.95. The van der Waals surface area contributed by atoms with Crippen LogP contribution in [0.25, 0.3) is 0 Å². The molecule has 1 aliphatic carbocycles. The fourth-order valence-corrected chi connectivity index (χ4v) is 2.32. The first kappa shape index (κ1) is 13.0. The van der Waals surface area contributed by atoms with Crippen molar-refractivity contribution in [1.29, 1.82) is 0 Å². The zero-order valence-corrected chi connectivity index (χ0v) is 10.6. The van der Waals surface area contributed by atoms with Crippen LogP contribution in [0.3, 0.4) is 0 Å². The number of nitrogens with zero attached hydrogens (tertiary/aromatic N) is 2. The van der Waals surface area contributed by atoms with Crippen LogP contribution in [-0.4, -0.2) is 32.9 Å². The van der Waals surface area contributed by atoms with Gasteiger partial charge in [-0.15, -0.1) is 0 Å². The maximum Gasteiger partial charge on any atom is 0.241 e. The summed E-state index contributed by atoms with van der Waals surface area (Å²) in [7, 11) is 1.77. The monoisotopic (exact) mass is 252 g/mol. The maximum atomic E-state index is 11.9. The molecule has 0 aliphatic heterocycles. The smallest absolute Gasteiger partial charge is 0.241 e. The van der Waals surface area contributed by atoms with Gasteiger partial charge in [-0.3, -0.25) is 9.48 Å². The van der Waals surface area contributed by atoms with Crippen molar-refractivity contribution in [1.82, 2.24) is 15.1 Å². The van der Waals surface area contributed by atoms with Crippen molar-refractivity contribution in [3.63, 3.8) is 0 Å². The molecule has 1 aromatic rings. The maximum absolute atomic E-state index is 11.9. The molecule has 0 spiro atoms. The number of rotatable bonds is 4. The van der Waals surface area contributed by atoms with E-state index in [2.05, 4.69) is 10.4 Å². The van der Waals surface area contributed by atoms with E-state index in [0.717, 1.165) is 25.7 Å². The Morgan fingerprint density at radius 2 is 2.33 bits per heavy atom. The Balaban J connectivity index is 1.88. The molecule has 6 nitrogen and oxygen atoms in total. The zero-order chi connectivity index (χ0) is 13.2. The molecule has 4 N–H and O–H groups in total. The van der Waals surface area contributed by atoms with Gasteiger partial charge in [0.25, 0.3) is 0 Å². The summed E-state index contributed by atoms with van der Waals surface area (Å²) < 4.78 is 1.60. The molecular formula is C12H20N4O2. The summed E-state index contributed by atoms with van der Waals surface area (Å²) in [6.45, 7) is 0.278. The van der Waals surface area contributed by atoms with E-state index in [4.69, 9.17) is 5.73 Å². The van der Waals surface area contributed by atoms with E-state index >= 15 is 0 Å². The molecule has 0 saturated heterocycles. The van der Waals surface area contributed by atoms with Crippen molar-refractivity contribution < 1.29 is 9.90 Å². The summed E-state index contributed by atoms with van der Waals surface area (Å²) in [6, 6.07) is -0.733. The summed E-state index contributed by atoms with van der Waals surface area (Å²) in [4.78, 5) is 11.9. The number of carbonyl (C=O) groups excluding carboxylic acids is 1. The number of aliphatic hydroxyl groups is 1. The molecule has 1 aliphatic rings. The van der Waals surface area contributed by atoms with Crippen molar-refractivity contribution in [2.45, 2.75) is 37.3 Å². The highest BCUT2D eigenvalue weighted by molar-refractivity contribution is 5.82. The first-order valence-corrected chi connectivity index (χ1v) is 6.24. The number of hydrogen-bond donors (Lipinski definition) is 3. The van der Waals surface area contributed by atoms with Crippen LogP contribution in [0, 0.1) is 0 Å². The van der Waals surface area contributed by atoms with Gasteiger partial charge < -0.3 is 16.2 Å². The first-order chi connectivity index (χ1) is 8.50. The number of carbonyl (C=O) groups is 1. The van der Waals surface area contributed by atoms with E-state index in [1.165, 1.54) is 0 Å². The number of aromatic nitrogens is 2. The number of aryl methyl sites for hydroxylation is 1. The number of hydrogen-bond acceptors (Lipinski definition) is 4. The predicted octanol–water partition coefficient (Wildman–Crippen LogP) is -0.159. The minimum Gasteiger partial charge on any atom is -0.388 e. The Hall–Kier alpha value is -1.40. The Bertz CT molecular complexity index is 423.